The molecule has 0 atom stereocenters. The highest BCUT2D eigenvalue weighted by atomic mass is 16.5. The fourth-order valence-electron chi connectivity index (χ4n) is 3.15. The summed E-state index contributed by atoms with van der Waals surface area (Å²) in [5.74, 6) is 2.18. The van der Waals surface area contributed by atoms with Crippen LogP contribution in [0.5, 0.6) is 17.4 Å². The third-order valence-corrected chi connectivity index (χ3v) is 4.76. The minimum Gasteiger partial charge on any atom is -0.495 e. The Morgan fingerprint density at radius 2 is 1.84 bits per heavy atom. The first-order valence-electron chi connectivity index (χ1n) is 10.0. The second-order valence-electron chi connectivity index (χ2n) is 6.85. The van der Waals surface area contributed by atoms with Gasteiger partial charge in [-0.15, -0.1) is 0 Å². The number of nitrogens with one attached hydrogen (secondary N) is 2. The van der Waals surface area contributed by atoms with Gasteiger partial charge in [0.25, 0.3) is 11.4 Å². The van der Waals surface area contributed by atoms with Crippen molar-refractivity contribution in [2.24, 2.45) is 0 Å². The maximum Gasteiger partial charge on any atom is 0.256 e. The molecule has 3 aromatic rings. The van der Waals surface area contributed by atoms with E-state index in [1.807, 2.05) is 12.1 Å². The minimum absolute atomic E-state index is 0.189. The predicted molar refractivity (Wildman–Crippen MR) is 117 cm³/mol. The first kappa shape index (κ1) is 22.1. The van der Waals surface area contributed by atoms with Crippen molar-refractivity contribution in [2.75, 3.05) is 33.2 Å². The second-order valence-corrected chi connectivity index (χ2v) is 6.85. The van der Waals surface area contributed by atoms with Crippen LogP contribution >= 0.6 is 0 Å². The van der Waals surface area contributed by atoms with Crippen LogP contribution in [0.1, 0.15) is 29.7 Å². The van der Waals surface area contributed by atoms with E-state index in [1.54, 1.807) is 38.9 Å². The molecule has 0 aliphatic carbocycles. The Kier molecular flexibility index (Phi) is 7.80. The van der Waals surface area contributed by atoms with Gasteiger partial charge < -0.3 is 19.5 Å². The Hall–Kier alpha value is -3.62. The van der Waals surface area contributed by atoms with Crippen molar-refractivity contribution < 1.29 is 14.2 Å². The quantitative estimate of drug-likeness (QED) is 0.451. The van der Waals surface area contributed by atoms with Crippen LogP contribution in [0.25, 0.3) is 0 Å². The van der Waals surface area contributed by atoms with Crippen molar-refractivity contribution in [3.8, 4) is 17.4 Å². The van der Waals surface area contributed by atoms with Crippen molar-refractivity contribution in [3.63, 3.8) is 0 Å². The van der Waals surface area contributed by atoms with E-state index in [9.17, 15) is 4.79 Å². The Morgan fingerprint density at radius 3 is 2.58 bits per heavy atom. The molecule has 0 saturated carbocycles. The van der Waals surface area contributed by atoms with Crippen molar-refractivity contribution >= 4 is 5.95 Å². The number of rotatable bonds is 11. The number of aromatic amines is 1. The first-order valence-corrected chi connectivity index (χ1v) is 10.0. The topological polar surface area (TPSA) is 111 Å². The number of anilines is 1. The standard InChI is InChI=1S/C22H27N5O4/c1-29-18-8-6-10-23-17(18)7-4-5-9-24-22-26-14-16(20(28)27-22)11-15-12-19(30-2)21(31-3)25-13-15/h6,8,10,12-14H,4-5,7,9,11H2,1-3H3,(H2,24,26,27,28). The van der Waals surface area contributed by atoms with E-state index < -0.39 is 0 Å². The molecule has 2 N–H and O–H groups in total. The molecular weight excluding hydrogens is 398 g/mol. The molecule has 164 valence electrons. The fraction of sp³-hybridized carbons (Fsp3) is 0.364. The van der Waals surface area contributed by atoms with Gasteiger partial charge in [0.2, 0.25) is 5.95 Å². The Labute approximate surface area is 180 Å². The van der Waals surface area contributed by atoms with Gasteiger partial charge in [-0.25, -0.2) is 9.97 Å². The van der Waals surface area contributed by atoms with Crippen molar-refractivity contribution in [1.29, 1.82) is 0 Å². The zero-order valence-electron chi connectivity index (χ0n) is 18.0. The van der Waals surface area contributed by atoms with Crippen LogP contribution in [-0.4, -0.2) is 47.8 Å². The summed E-state index contributed by atoms with van der Waals surface area (Å²) in [5, 5.41) is 3.16. The average molecular weight is 425 g/mol. The monoisotopic (exact) mass is 425 g/mol. The van der Waals surface area contributed by atoms with Gasteiger partial charge in [-0.05, 0) is 43.0 Å². The van der Waals surface area contributed by atoms with E-state index in [4.69, 9.17) is 14.2 Å². The average Bonchev–Trinajstić information content (AvgIpc) is 2.80. The molecule has 0 fully saturated rings. The van der Waals surface area contributed by atoms with E-state index in [0.717, 1.165) is 36.3 Å². The molecule has 0 saturated heterocycles. The van der Waals surface area contributed by atoms with Gasteiger partial charge in [0.15, 0.2) is 5.75 Å². The summed E-state index contributed by atoms with van der Waals surface area (Å²) in [5.41, 5.74) is 2.13. The molecule has 0 aliphatic heterocycles. The Bertz CT molecular complexity index is 1050. The molecule has 3 aromatic heterocycles. The van der Waals surface area contributed by atoms with E-state index in [1.165, 1.54) is 7.11 Å². The summed E-state index contributed by atoms with van der Waals surface area (Å²) in [6.45, 7) is 0.692. The highest BCUT2D eigenvalue weighted by Crippen LogP contribution is 2.25. The summed E-state index contributed by atoms with van der Waals surface area (Å²) in [7, 11) is 4.72. The fourth-order valence-corrected chi connectivity index (χ4v) is 3.15. The van der Waals surface area contributed by atoms with Gasteiger partial charge in [-0.3, -0.25) is 14.8 Å². The normalized spacial score (nSPS) is 10.5. The molecule has 0 aliphatic rings. The number of hydrogen-bond donors (Lipinski definition) is 2. The number of methoxy groups -OCH3 is 3. The summed E-state index contributed by atoms with van der Waals surface area (Å²) < 4.78 is 15.7. The third-order valence-electron chi connectivity index (χ3n) is 4.76. The number of ether oxygens (including phenoxy) is 3. The minimum atomic E-state index is -0.189. The lowest BCUT2D eigenvalue weighted by atomic mass is 10.1. The van der Waals surface area contributed by atoms with Gasteiger partial charge in [-0.2, -0.15) is 0 Å². The van der Waals surface area contributed by atoms with Gasteiger partial charge >= 0.3 is 0 Å². The molecule has 0 spiro atoms. The molecule has 9 heteroatoms. The number of aromatic nitrogens is 4. The predicted octanol–water partition coefficient (Wildman–Crippen LogP) is 2.61. The van der Waals surface area contributed by atoms with Crippen LogP contribution in [0, 0.1) is 0 Å². The van der Waals surface area contributed by atoms with Gasteiger partial charge in [0, 0.05) is 37.1 Å². The highest BCUT2D eigenvalue weighted by Gasteiger charge is 2.09. The van der Waals surface area contributed by atoms with Gasteiger partial charge in [0.05, 0.1) is 27.0 Å². The first-order chi connectivity index (χ1) is 15.1. The molecular formula is C22H27N5O4. The van der Waals surface area contributed by atoms with Gasteiger partial charge in [0.1, 0.15) is 5.75 Å². The number of hydrogen-bond acceptors (Lipinski definition) is 8. The van der Waals surface area contributed by atoms with Crippen LogP contribution in [0.4, 0.5) is 5.95 Å². The molecule has 9 nitrogen and oxygen atoms in total. The van der Waals surface area contributed by atoms with Crippen LogP contribution in [-0.2, 0) is 12.8 Å². The van der Waals surface area contributed by atoms with Crippen molar-refractivity contribution in [3.05, 3.63) is 64.0 Å². The molecule has 0 radical (unpaired) electrons. The molecule has 0 amide bonds. The molecule has 0 bridgehead atoms. The summed E-state index contributed by atoms with van der Waals surface area (Å²) in [6, 6.07) is 5.57. The summed E-state index contributed by atoms with van der Waals surface area (Å²) in [6.07, 6.45) is 8.07. The third kappa shape index (κ3) is 5.94. The zero-order valence-corrected chi connectivity index (χ0v) is 18.0. The van der Waals surface area contributed by atoms with E-state index >= 15 is 0 Å². The maximum absolute atomic E-state index is 12.4. The van der Waals surface area contributed by atoms with E-state index in [0.29, 0.717) is 36.1 Å². The second kappa shape index (κ2) is 11.0. The Balaban J connectivity index is 1.51. The molecule has 3 heterocycles. The maximum atomic E-state index is 12.4. The number of unbranched alkanes of at least 4 members (excludes halogenated alkanes) is 1. The van der Waals surface area contributed by atoms with Crippen molar-refractivity contribution in [2.45, 2.75) is 25.7 Å². The lowest BCUT2D eigenvalue weighted by molar-refractivity contribution is 0.342. The Morgan fingerprint density at radius 1 is 1.00 bits per heavy atom. The molecule has 0 aromatic carbocycles. The SMILES string of the molecule is COc1cccnc1CCCCNc1ncc(Cc2cnc(OC)c(OC)c2)c(=O)[nH]1. The number of aryl methyl sites for hydroxylation is 1. The lowest BCUT2D eigenvalue weighted by Crippen LogP contribution is -2.17. The number of nitrogens with zero attached hydrogens (tertiary/aromatic N) is 3. The number of pyridine rings is 2. The van der Waals surface area contributed by atoms with E-state index in [-0.39, 0.29) is 5.56 Å². The zero-order chi connectivity index (χ0) is 22.1. The molecule has 0 unspecified atom stereocenters. The van der Waals surface area contributed by atoms with Gasteiger partial charge in [-0.1, -0.05) is 0 Å². The highest BCUT2D eigenvalue weighted by molar-refractivity contribution is 5.38. The van der Waals surface area contributed by atoms with Crippen LogP contribution in [0.2, 0.25) is 0 Å². The molecule has 31 heavy (non-hydrogen) atoms. The number of H-pyrrole nitrogens is 1. The summed E-state index contributed by atoms with van der Waals surface area (Å²) in [4.78, 5) is 28.1. The van der Waals surface area contributed by atoms with Crippen LogP contribution in [0.3, 0.4) is 0 Å². The van der Waals surface area contributed by atoms with Crippen LogP contribution in [0.15, 0.2) is 41.6 Å². The van der Waals surface area contributed by atoms with E-state index in [2.05, 4.69) is 25.3 Å². The van der Waals surface area contributed by atoms with Crippen LogP contribution < -0.4 is 25.1 Å². The lowest BCUT2D eigenvalue weighted by Gasteiger charge is -2.09. The largest absolute Gasteiger partial charge is 0.495 e. The smallest absolute Gasteiger partial charge is 0.256 e. The molecule has 3 rings (SSSR count). The summed E-state index contributed by atoms with van der Waals surface area (Å²) >= 11 is 0. The van der Waals surface area contributed by atoms with Crippen molar-refractivity contribution in [1.82, 2.24) is 19.9 Å².